The highest BCUT2D eigenvalue weighted by Crippen LogP contribution is 2.15. The molecule has 4 nitrogen and oxygen atoms in total. The summed E-state index contributed by atoms with van der Waals surface area (Å²) in [5, 5.41) is 3.23. The summed E-state index contributed by atoms with van der Waals surface area (Å²) in [6.07, 6.45) is -1.47. The van der Waals surface area contributed by atoms with Gasteiger partial charge in [0.1, 0.15) is 12.4 Å². The Morgan fingerprint density at radius 2 is 2.20 bits per heavy atom. The van der Waals surface area contributed by atoms with Crippen molar-refractivity contribution in [1.29, 1.82) is 0 Å². The van der Waals surface area contributed by atoms with Crippen LogP contribution in [0.25, 0.3) is 0 Å². The molecule has 3 N–H and O–H groups in total. The third-order valence-corrected chi connectivity index (χ3v) is 2.70. The van der Waals surface area contributed by atoms with Gasteiger partial charge in [-0.2, -0.15) is 13.2 Å². The van der Waals surface area contributed by atoms with Crippen molar-refractivity contribution in [3.63, 3.8) is 0 Å². The molecule has 7 heteroatoms. The minimum atomic E-state index is -4.27. The molecule has 1 unspecified atom stereocenters. The second-order valence-electron chi connectivity index (χ2n) is 4.50. The van der Waals surface area contributed by atoms with E-state index >= 15 is 0 Å². The topological polar surface area (TPSA) is 60.2 Å². The Morgan fingerprint density at radius 3 is 2.80 bits per heavy atom. The van der Waals surface area contributed by atoms with Crippen molar-refractivity contribution in [2.45, 2.75) is 32.0 Å². The predicted molar refractivity (Wildman–Crippen MR) is 71.3 cm³/mol. The zero-order valence-corrected chi connectivity index (χ0v) is 11.4. The lowest BCUT2D eigenvalue weighted by molar-refractivity contribution is -0.174. The van der Waals surface area contributed by atoms with Gasteiger partial charge in [-0.1, -0.05) is 6.92 Å². The van der Waals surface area contributed by atoms with Crippen LogP contribution in [0.1, 0.15) is 18.9 Å². The molecule has 20 heavy (non-hydrogen) atoms. The molecule has 1 heterocycles. The molecule has 0 aromatic carbocycles. The molecular formula is C13H20F3N3O. The molecule has 0 aliphatic carbocycles. The molecule has 0 saturated heterocycles. The molecule has 1 aromatic rings. The van der Waals surface area contributed by atoms with E-state index in [9.17, 15) is 13.2 Å². The Balaban J connectivity index is 2.40. The molecule has 0 radical (unpaired) electrons. The highest BCUT2D eigenvalue weighted by atomic mass is 19.4. The Bertz CT molecular complexity index is 399. The molecule has 1 rings (SSSR count). The third kappa shape index (κ3) is 7.30. The van der Waals surface area contributed by atoms with E-state index in [1.54, 1.807) is 12.3 Å². The molecule has 0 fully saturated rings. The maximum Gasteiger partial charge on any atom is 0.411 e. The van der Waals surface area contributed by atoms with Gasteiger partial charge in [-0.05, 0) is 37.1 Å². The van der Waals surface area contributed by atoms with Crippen LogP contribution in [0.5, 0.6) is 0 Å². The van der Waals surface area contributed by atoms with Crippen LogP contribution in [-0.2, 0) is 11.2 Å². The molecule has 1 atom stereocenters. The first kappa shape index (κ1) is 16.7. The fraction of sp³-hybridized carbons (Fsp3) is 0.615. The van der Waals surface area contributed by atoms with Crippen molar-refractivity contribution in [2.75, 3.05) is 25.5 Å². The van der Waals surface area contributed by atoms with Crippen LogP contribution in [-0.4, -0.2) is 37.0 Å². The lowest BCUT2D eigenvalue weighted by Gasteiger charge is -2.18. The largest absolute Gasteiger partial charge is 0.411 e. The van der Waals surface area contributed by atoms with Crippen LogP contribution in [0, 0.1) is 0 Å². The first-order chi connectivity index (χ1) is 9.40. The van der Waals surface area contributed by atoms with Gasteiger partial charge in [-0.25, -0.2) is 4.98 Å². The lowest BCUT2D eigenvalue weighted by atomic mass is 10.0. The molecule has 0 saturated carbocycles. The first-order valence-corrected chi connectivity index (χ1v) is 6.49. The Hall–Kier alpha value is -1.34. The van der Waals surface area contributed by atoms with Gasteiger partial charge in [0.15, 0.2) is 0 Å². The van der Waals surface area contributed by atoms with E-state index in [4.69, 9.17) is 5.73 Å². The number of nitrogens with two attached hydrogens (primary N) is 1. The van der Waals surface area contributed by atoms with E-state index in [-0.39, 0.29) is 12.6 Å². The number of rotatable bonds is 8. The molecule has 0 aliphatic rings. The number of aromatic nitrogens is 1. The van der Waals surface area contributed by atoms with Crippen LogP contribution in [0.2, 0.25) is 0 Å². The van der Waals surface area contributed by atoms with Crippen LogP contribution in [0.15, 0.2) is 18.3 Å². The highest BCUT2D eigenvalue weighted by Gasteiger charge is 2.27. The normalized spacial score (nSPS) is 13.4. The van der Waals surface area contributed by atoms with E-state index in [0.717, 1.165) is 12.1 Å². The smallest absolute Gasteiger partial charge is 0.384 e. The highest BCUT2D eigenvalue weighted by molar-refractivity contribution is 5.32. The van der Waals surface area contributed by atoms with Gasteiger partial charge in [-0.3, -0.25) is 0 Å². The quantitative estimate of drug-likeness (QED) is 0.721. The van der Waals surface area contributed by atoms with Gasteiger partial charge in [0, 0.05) is 18.8 Å². The van der Waals surface area contributed by atoms with Gasteiger partial charge >= 0.3 is 6.18 Å². The van der Waals surface area contributed by atoms with Crippen molar-refractivity contribution in [3.8, 4) is 0 Å². The number of nitrogens with zero attached hydrogens (tertiary/aromatic N) is 1. The molecule has 1 aromatic heterocycles. The van der Waals surface area contributed by atoms with Crippen LogP contribution in [0.3, 0.4) is 0 Å². The molecule has 0 aliphatic heterocycles. The monoisotopic (exact) mass is 291 g/mol. The average Bonchev–Trinajstić information content (AvgIpc) is 2.33. The number of nitrogen functional groups attached to an aromatic ring is 1. The summed E-state index contributed by atoms with van der Waals surface area (Å²) >= 11 is 0. The Kier molecular flexibility index (Phi) is 6.74. The third-order valence-electron chi connectivity index (χ3n) is 2.70. The minimum absolute atomic E-state index is 0.0510. The van der Waals surface area contributed by atoms with Crippen LogP contribution >= 0.6 is 0 Å². The summed E-state index contributed by atoms with van der Waals surface area (Å²) in [6.45, 7) is 1.56. The summed E-state index contributed by atoms with van der Waals surface area (Å²) in [6, 6.07) is 3.66. The fourth-order valence-electron chi connectivity index (χ4n) is 1.88. The SMILES string of the molecule is CCNC(CCOCC(F)(F)F)Cc1ccnc(N)c1. The van der Waals surface area contributed by atoms with Crippen molar-refractivity contribution in [1.82, 2.24) is 10.3 Å². The molecular weight excluding hydrogens is 271 g/mol. The molecule has 0 amide bonds. The summed E-state index contributed by atoms with van der Waals surface area (Å²) in [5.74, 6) is 0.436. The lowest BCUT2D eigenvalue weighted by Crippen LogP contribution is -2.32. The summed E-state index contributed by atoms with van der Waals surface area (Å²) in [5.41, 5.74) is 6.60. The number of ether oxygens (including phenoxy) is 1. The summed E-state index contributed by atoms with van der Waals surface area (Å²) in [4.78, 5) is 3.90. The van der Waals surface area contributed by atoms with Crippen LogP contribution in [0.4, 0.5) is 19.0 Å². The van der Waals surface area contributed by atoms with E-state index in [0.29, 0.717) is 18.7 Å². The van der Waals surface area contributed by atoms with Gasteiger partial charge < -0.3 is 15.8 Å². The maximum atomic E-state index is 12.0. The number of nitrogens with one attached hydrogen (secondary N) is 1. The number of pyridine rings is 1. The van der Waals surface area contributed by atoms with Gasteiger partial charge in [0.05, 0.1) is 0 Å². The molecule has 0 bridgehead atoms. The van der Waals surface area contributed by atoms with E-state index < -0.39 is 12.8 Å². The van der Waals surface area contributed by atoms with Gasteiger partial charge in [0.25, 0.3) is 0 Å². The van der Waals surface area contributed by atoms with Crippen molar-refractivity contribution in [3.05, 3.63) is 23.9 Å². The molecule has 0 spiro atoms. The average molecular weight is 291 g/mol. The van der Waals surface area contributed by atoms with E-state index in [1.807, 2.05) is 13.0 Å². The zero-order chi connectivity index (χ0) is 15.0. The number of likely N-dealkylation sites (N-methyl/N-ethyl adjacent to an activating group) is 1. The van der Waals surface area contributed by atoms with Crippen LogP contribution < -0.4 is 11.1 Å². The number of hydrogen-bond donors (Lipinski definition) is 2. The number of anilines is 1. The molecule has 114 valence electrons. The van der Waals surface area contributed by atoms with E-state index in [2.05, 4.69) is 15.0 Å². The van der Waals surface area contributed by atoms with Gasteiger partial charge in [0.2, 0.25) is 0 Å². The summed E-state index contributed by atoms with van der Waals surface area (Å²) < 4.78 is 40.5. The van der Waals surface area contributed by atoms with E-state index in [1.165, 1.54) is 0 Å². The summed E-state index contributed by atoms with van der Waals surface area (Å²) in [7, 11) is 0. The van der Waals surface area contributed by atoms with Crippen molar-refractivity contribution >= 4 is 5.82 Å². The second-order valence-corrected chi connectivity index (χ2v) is 4.50. The number of hydrogen-bond acceptors (Lipinski definition) is 4. The predicted octanol–water partition coefficient (Wildman–Crippen LogP) is 2.15. The van der Waals surface area contributed by atoms with Crippen molar-refractivity contribution in [2.24, 2.45) is 0 Å². The number of halogens is 3. The maximum absolute atomic E-state index is 12.0. The second kappa shape index (κ2) is 8.06. The fourth-order valence-corrected chi connectivity index (χ4v) is 1.88. The first-order valence-electron chi connectivity index (χ1n) is 6.49. The Morgan fingerprint density at radius 1 is 1.45 bits per heavy atom. The standard InChI is InChI=1S/C13H20F3N3O/c1-2-18-11(4-6-20-9-13(14,15)16)7-10-3-5-19-12(17)8-10/h3,5,8,11,18H,2,4,6-7,9H2,1H3,(H2,17,19). The zero-order valence-electron chi connectivity index (χ0n) is 11.4. The van der Waals surface area contributed by atoms with Gasteiger partial charge in [-0.15, -0.1) is 0 Å². The Labute approximate surface area is 116 Å². The minimum Gasteiger partial charge on any atom is -0.384 e. The number of alkyl halides is 3. The van der Waals surface area contributed by atoms with Crippen molar-refractivity contribution < 1.29 is 17.9 Å².